The van der Waals surface area contributed by atoms with Gasteiger partial charge in [0.2, 0.25) is 11.7 Å². The third kappa shape index (κ3) is 4.67. The van der Waals surface area contributed by atoms with Gasteiger partial charge < -0.3 is 10.1 Å². The fourth-order valence-electron chi connectivity index (χ4n) is 3.74. The van der Waals surface area contributed by atoms with E-state index in [9.17, 15) is 14.4 Å². The number of rotatable bonds is 9. The van der Waals surface area contributed by atoms with E-state index in [2.05, 4.69) is 22.4 Å². The molecule has 9 nitrogen and oxygen atoms in total. The van der Waals surface area contributed by atoms with Crippen molar-refractivity contribution in [1.29, 1.82) is 0 Å². The lowest BCUT2D eigenvalue weighted by Crippen LogP contribution is -2.23. The zero-order valence-electron chi connectivity index (χ0n) is 19.0. The molecule has 0 aliphatic heterocycles. The number of nitrogens with one attached hydrogen (secondary N) is 1. The summed E-state index contributed by atoms with van der Waals surface area (Å²) in [7, 11) is 1.29. The number of benzene rings is 2. The van der Waals surface area contributed by atoms with Gasteiger partial charge in [-0.05, 0) is 30.7 Å². The molecular weight excluding hydrogens is 454 g/mol. The van der Waals surface area contributed by atoms with Gasteiger partial charge >= 0.3 is 5.97 Å². The van der Waals surface area contributed by atoms with Gasteiger partial charge in [-0.15, -0.1) is 10.2 Å². The molecule has 0 spiro atoms. The highest BCUT2D eigenvalue weighted by molar-refractivity contribution is 7.99. The Morgan fingerprint density at radius 1 is 1.06 bits per heavy atom. The smallest absolute Gasteiger partial charge is 0.339 e. The second kappa shape index (κ2) is 10.5. The van der Waals surface area contributed by atoms with Crippen LogP contribution in [0.1, 0.15) is 36.5 Å². The Bertz CT molecular complexity index is 1410. The van der Waals surface area contributed by atoms with E-state index in [1.165, 1.54) is 18.9 Å². The molecule has 0 aliphatic carbocycles. The predicted octanol–water partition coefficient (Wildman–Crippen LogP) is 3.75. The number of carbonyl (C=O) groups excluding carboxylic acids is 2. The van der Waals surface area contributed by atoms with Crippen molar-refractivity contribution in [3.8, 4) is 0 Å². The van der Waals surface area contributed by atoms with Crippen LogP contribution in [0.4, 0.5) is 5.69 Å². The van der Waals surface area contributed by atoms with E-state index >= 15 is 0 Å². The lowest BCUT2D eigenvalue weighted by atomic mass is 10.2. The molecule has 0 radical (unpaired) electrons. The highest BCUT2D eigenvalue weighted by Crippen LogP contribution is 2.23. The van der Waals surface area contributed by atoms with E-state index in [-0.39, 0.29) is 22.8 Å². The van der Waals surface area contributed by atoms with E-state index < -0.39 is 5.97 Å². The van der Waals surface area contributed by atoms with E-state index in [4.69, 9.17) is 4.74 Å². The highest BCUT2D eigenvalue weighted by atomic mass is 32.2. The maximum Gasteiger partial charge on any atom is 0.339 e. The number of esters is 1. The maximum atomic E-state index is 13.1. The van der Waals surface area contributed by atoms with Gasteiger partial charge in [0.25, 0.3) is 5.56 Å². The zero-order valence-corrected chi connectivity index (χ0v) is 19.8. The summed E-state index contributed by atoms with van der Waals surface area (Å²) < 4.78 is 8.25. The van der Waals surface area contributed by atoms with Crippen molar-refractivity contribution in [3.05, 3.63) is 64.4 Å². The lowest BCUT2D eigenvalue weighted by molar-refractivity contribution is -0.113. The molecule has 2 aromatic carbocycles. The normalized spacial score (nSPS) is 11.1. The first kappa shape index (κ1) is 23.5. The fraction of sp³-hybridized carbons (Fsp3) is 0.292. The number of para-hydroxylation sites is 2. The number of methoxy groups -OCH3 is 1. The minimum atomic E-state index is -0.528. The summed E-state index contributed by atoms with van der Waals surface area (Å²) in [6.45, 7) is 2.66. The van der Waals surface area contributed by atoms with E-state index in [0.717, 1.165) is 19.3 Å². The lowest BCUT2D eigenvalue weighted by Gasteiger charge is -2.11. The van der Waals surface area contributed by atoms with Crippen LogP contribution in [0.15, 0.2) is 58.5 Å². The largest absolute Gasteiger partial charge is 0.465 e. The number of fused-ring (bicyclic) bond motifs is 3. The van der Waals surface area contributed by atoms with Crippen LogP contribution in [0.25, 0.3) is 16.7 Å². The first-order valence-corrected chi connectivity index (χ1v) is 12.0. The Hall–Kier alpha value is -3.66. The Morgan fingerprint density at radius 3 is 2.62 bits per heavy atom. The number of unbranched alkanes of at least 4 members (excludes halogenated alkanes) is 2. The number of hydrogen-bond donors (Lipinski definition) is 1. The first-order valence-electron chi connectivity index (χ1n) is 11.0. The number of thioether (sulfide) groups is 1. The van der Waals surface area contributed by atoms with Crippen molar-refractivity contribution in [3.63, 3.8) is 0 Å². The number of aromatic nitrogens is 4. The van der Waals surface area contributed by atoms with Crippen LogP contribution >= 0.6 is 11.8 Å². The molecular formula is C24H25N5O4S. The van der Waals surface area contributed by atoms with Gasteiger partial charge in [0, 0.05) is 6.54 Å². The monoisotopic (exact) mass is 479 g/mol. The molecule has 34 heavy (non-hydrogen) atoms. The van der Waals surface area contributed by atoms with Crippen molar-refractivity contribution in [2.24, 2.45) is 0 Å². The van der Waals surface area contributed by atoms with Crippen LogP contribution in [0, 0.1) is 0 Å². The quantitative estimate of drug-likeness (QED) is 0.221. The fourth-order valence-corrected chi connectivity index (χ4v) is 4.49. The van der Waals surface area contributed by atoms with E-state index in [1.807, 2.05) is 22.6 Å². The predicted molar refractivity (Wildman–Crippen MR) is 131 cm³/mol. The van der Waals surface area contributed by atoms with Gasteiger partial charge in [0.15, 0.2) is 5.16 Å². The standard InChI is InChI=1S/C24H25N5O4S/c1-3-4-9-14-28-21(31)17-11-6-8-13-19(17)29-23(28)26-27-24(29)34-15-20(30)25-18-12-7-5-10-16(18)22(32)33-2/h5-8,10-13H,3-4,9,14-15H2,1-2H3,(H,25,30). The summed E-state index contributed by atoms with van der Waals surface area (Å²) in [5, 5.41) is 12.4. The molecule has 0 saturated heterocycles. The number of amides is 1. The number of hydrogen-bond acceptors (Lipinski definition) is 7. The summed E-state index contributed by atoms with van der Waals surface area (Å²) in [5.74, 6) is -0.337. The minimum Gasteiger partial charge on any atom is -0.465 e. The molecule has 1 amide bonds. The van der Waals surface area contributed by atoms with Crippen molar-refractivity contribution in [2.45, 2.75) is 37.9 Å². The van der Waals surface area contributed by atoms with Gasteiger partial charge in [-0.2, -0.15) is 0 Å². The SMILES string of the molecule is CCCCCn1c(=O)c2ccccc2n2c(SCC(=O)Nc3ccccc3C(=O)OC)nnc12. The average Bonchev–Trinajstić information content (AvgIpc) is 3.28. The molecule has 4 rings (SSSR count). The summed E-state index contributed by atoms with van der Waals surface area (Å²) in [4.78, 5) is 37.7. The van der Waals surface area contributed by atoms with Crippen molar-refractivity contribution >= 4 is 46.0 Å². The zero-order chi connectivity index (χ0) is 24.1. The maximum absolute atomic E-state index is 13.1. The van der Waals surface area contributed by atoms with Gasteiger partial charge in [-0.3, -0.25) is 18.6 Å². The molecule has 0 aliphatic rings. The summed E-state index contributed by atoms with van der Waals surface area (Å²) in [5.41, 5.74) is 1.25. The molecule has 0 fully saturated rings. The molecule has 2 heterocycles. The van der Waals surface area contributed by atoms with Crippen LogP contribution in [0.3, 0.4) is 0 Å². The molecule has 4 aromatic rings. The number of nitrogens with zero attached hydrogens (tertiary/aromatic N) is 4. The van der Waals surface area contributed by atoms with Crippen molar-refractivity contribution in [2.75, 3.05) is 18.2 Å². The third-order valence-corrected chi connectivity index (χ3v) is 6.33. The average molecular weight is 480 g/mol. The number of carbonyl (C=O) groups is 2. The topological polar surface area (TPSA) is 108 Å². The molecule has 176 valence electrons. The molecule has 0 unspecified atom stereocenters. The minimum absolute atomic E-state index is 0.0413. The Balaban J connectivity index is 1.62. The second-order valence-corrected chi connectivity index (χ2v) is 8.62. The summed E-state index contributed by atoms with van der Waals surface area (Å²) in [6.07, 6.45) is 2.91. The highest BCUT2D eigenvalue weighted by Gasteiger charge is 2.18. The Morgan fingerprint density at radius 2 is 1.82 bits per heavy atom. The van der Waals surface area contributed by atoms with E-state index in [1.54, 1.807) is 34.9 Å². The van der Waals surface area contributed by atoms with Crippen molar-refractivity contribution in [1.82, 2.24) is 19.2 Å². The number of ether oxygens (including phenoxy) is 1. The number of aryl methyl sites for hydroxylation is 1. The van der Waals surface area contributed by atoms with Gasteiger partial charge in [-0.25, -0.2) is 4.79 Å². The Kier molecular flexibility index (Phi) is 7.27. The van der Waals surface area contributed by atoms with Crippen molar-refractivity contribution < 1.29 is 14.3 Å². The summed E-state index contributed by atoms with van der Waals surface area (Å²) in [6, 6.07) is 14.0. The molecule has 0 bridgehead atoms. The molecule has 0 saturated carbocycles. The third-order valence-electron chi connectivity index (χ3n) is 5.40. The first-order chi connectivity index (χ1) is 16.5. The summed E-state index contributed by atoms with van der Waals surface area (Å²) >= 11 is 1.21. The van der Waals surface area contributed by atoms with Crippen LogP contribution < -0.4 is 10.9 Å². The van der Waals surface area contributed by atoms with Crippen LogP contribution in [-0.4, -0.2) is 43.9 Å². The Labute approximate surface area is 200 Å². The van der Waals surface area contributed by atoms with Gasteiger partial charge in [-0.1, -0.05) is 55.8 Å². The molecule has 0 atom stereocenters. The molecule has 10 heteroatoms. The number of anilines is 1. The van der Waals surface area contributed by atoms with Crippen LogP contribution in [-0.2, 0) is 16.1 Å². The molecule has 1 N–H and O–H groups in total. The second-order valence-electron chi connectivity index (χ2n) is 7.67. The van der Waals surface area contributed by atoms with Crippen LogP contribution in [0.5, 0.6) is 0 Å². The van der Waals surface area contributed by atoms with Gasteiger partial charge in [0.05, 0.1) is 35.0 Å². The van der Waals surface area contributed by atoms with Gasteiger partial charge in [0.1, 0.15) is 0 Å². The van der Waals surface area contributed by atoms with E-state index in [0.29, 0.717) is 34.1 Å². The van der Waals surface area contributed by atoms with Crippen LogP contribution in [0.2, 0.25) is 0 Å². The molecule has 2 aromatic heterocycles.